The Hall–Kier alpha value is -5.80. The molecule has 0 aliphatic heterocycles. The first-order valence-corrected chi connectivity index (χ1v) is 17.9. The molecule has 3 nitrogen and oxygen atoms in total. The van der Waals surface area contributed by atoms with E-state index in [1.165, 1.54) is 49.4 Å². The van der Waals surface area contributed by atoms with Gasteiger partial charge in [0, 0.05) is 32.9 Å². The minimum atomic E-state index is 0.000624. The zero-order valence-electron chi connectivity index (χ0n) is 30.2. The summed E-state index contributed by atoms with van der Waals surface area (Å²) in [7, 11) is 0. The van der Waals surface area contributed by atoms with Gasteiger partial charge in [0.25, 0.3) is 0 Å². The molecule has 0 fully saturated rings. The van der Waals surface area contributed by atoms with E-state index in [0.29, 0.717) is 0 Å². The van der Waals surface area contributed by atoms with E-state index in [9.17, 15) is 0 Å². The molecular formula is C48H42N2O. The van der Waals surface area contributed by atoms with Crippen LogP contribution in [0.2, 0.25) is 0 Å². The van der Waals surface area contributed by atoms with E-state index in [1.807, 2.05) is 0 Å². The molecule has 0 saturated carbocycles. The third kappa shape index (κ3) is 5.02. The molecule has 0 bridgehead atoms. The minimum Gasteiger partial charge on any atom is -0.454 e. The molecule has 9 aromatic rings. The van der Waals surface area contributed by atoms with Crippen molar-refractivity contribution < 1.29 is 4.42 Å². The molecule has 0 atom stereocenters. The van der Waals surface area contributed by atoms with Gasteiger partial charge < -0.3 is 13.9 Å². The fraction of sp³-hybridized carbons (Fsp3) is 0.167. The number of hydrogen-bond donors (Lipinski definition) is 0. The van der Waals surface area contributed by atoms with Crippen molar-refractivity contribution in [3.05, 3.63) is 157 Å². The Balaban J connectivity index is 1.37. The predicted molar refractivity (Wildman–Crippen MR) is 218 cm³/mol. The van der Waals surface area contributed by atoms with Crippen LogP contribution in [0, 0.1) is 0 Å². The number of nitrogens with zero attached hydrogens (tertiary/aromatic N) is 2. The summed E-state index contributed by atoms with van der Waals surface area (Å²) in [5, 5.41) is 7.10. The van der Waals surface area contributed by atoms with Gasteiger partial charge in [0.15, 0.2) is 5.58 Å². The number of aromatic nitrogens is 1. The summed E-state index contributed by atoms with van der Waals surface area (Å²) in [5.74, 6) is 0. The van der Waals surface area contributed by atoms with Crippen LogP contribution in [0.3, 0.4) is 0 Å². The van der Waals surface area contributed by atoms with Gasteiger partial charge in [-0.3, -0.25) is 0 Å². The molecule has 0 aliphatic rings. The number of para-hydroxylation sites is 3. The zero-order chi connectivity index (χ0) is 35.1. The van der Waals surface area contributed by atoms with Crippen molar-refractivity contribution in [3.63, 3.8) is 0 Å². The van der Waals surface area contributed by atoms with Crippen LogP contribution in [-0.4, -0.2) is 4.57 Å². The van der Waals surface area contributed by atoms with Gasteiger partial charge in [-0.2, -0.15) is 0 Å². The van der Waals surface area contributed by atoms with Gasteiger partial charge >= 0.3 is 0 Å². The standard InChI is InChI=1S/C48H42N2O/c1-47(2,3)32-28-33(48(4,5)6)30-35(29-32)50-39-22-13-12-20-37(39)45-40(23-15-24-41(45)50)49(34-17-8-7-9-18-34)42-25-14-21-38-44-36-19-11-10-16-31(36)26-27-43(44)51-46(38)42/h7-30H,1-6H3. The first-order chi connectivity index (χ1) is 24.6. The summed E-state index contributed by atoms with van der Waals surface area (Å²) in [5.41, 5.74) is 11.2. The highest BCUT2D eigenvalue weighted by Gasteiger charge is 2.26. The third-order valence-corrected chi connectivity index (χ3v) is 10.4. The van der Waals surface area contributed by atoms with Crippen molar-refractivity contribution in [3.8, 4) is 5.69 Å². The van der Waals surface area contributed by atoms with Crippen LogP contribution in [0.4, 0.5) is 17.1 Å². The molecule has 0 radical (unpaired) electrons. The molecular weight excluding hydrogens is 621 g/mol. The molecule has 0 amide bonds. The number of fused-ring (bicyclic) bond motifs is 8. The van der Waals surface area contributed by atoms with Crippen LogP contribution in [0.15, 0.2) is 150 Å². The summed E-state index contributed by atoms with van der Waals surface area (Å²) >= 11 is 0. The number of anilines is 3. The molecule has 0 N–H and O–H groups in total. The fourth-order valence-corrected chi connectivity index (χ4v) is 7.79. The van der Waals surface area contributed by atoms with E-state index in [4.69, 9.17) is 4.42 Å². The normalized spacial score (nSPS) is 12.5. The highest BCUT2D eigenvalue weighted by Crippen LogP contribution is 2.48. The summed E-state index contributed by atoms with van der Waals surface area (Å²) in [6.45, 7) is 13.8. The van der Waals surface area contributed by atoms with Crippen molar-refractivity contribution in [2.75, 3.05) is 4.90 Å². The van der Waals surface area contributed by atoms with Gasteiger partial charge in [-0.25, -0.2) is 0 Å². The van der Waals surface area contributed by atoms with Crippen LogP contribution >= 0.6 is 0 Å². The summed E-state index contributed by atoms with van der Waals surface area (Å²) in [4.78, 5) is 2.39. The molecule has 51 heavy (non-hydrogen) atoms. The highest BCUT2D eigenvalue weighted by atomic mass is 16.3. The molecule has 7 aromatic carbocycles. The van der Waals surface area contributed by atoms with Gasteiger partial charge in [0.2, 0.25) is 0 Å². The van der Waals surface area contributed by atoms with Gasteiger partial charge in [0.1, 0.15) is 5.58 Å². The molecule has 0 saturated heterocycles. The Bertz CT molecular complexity index is 2740. The van der Waals surface area contributed by atoms with Gasteiger partial charge in [0.05, 0.1) is 22.4 Å². The highest BCUT2D eigenvalue weighted by molar-refractivity contribution is 6.22. The first-order valence-electron chi connectivity index (χ1n) is 17.9. The van der Waals surface area contributed by atoms with Crippen molar-refractivity contribution >= 4 is 71.6 Å². The molecule has 2 heterocycles. The SMILES string of the molecule is CC(C)(C)c1cc(-n2c3ccccc3c3c(N(c4ccccc4)c4cccc5c4oc4ccc6ccccc6c45)cccc32)cc(C(C)(C)C)c1. The fourth-order valence-electron chi connectivity index (χ4n) is 7.79. The second-order valence-electron chi connectivity index (χ2n) is 15.9. The van der Waals surface area contributed by atoms with Gasteiger partial charge in [-0.15, -0.1) is 0 Å². The number of benzene rings is 7. The molecule has 250 valence electrons. The van der Waals surface area contributed by atoms with Crippen LogP contribution in [0.25, 0.3) is 60.2 Å². The number of hydrogen-bond acceptors (Lipinski definition) is 2. The molecule has 2 aromatic heterocycles. The van der Waals surface area contributed by atoms with Crippen LogP contribution < -0.4 is 4.90 Å². The predicted octanol–water partition coefficient (Wildman–Crippen LogP) is 13.9. The topological polar surface area (TPSA) is 21.3 Å². The smallest absolute Gasteiger partial charge is 0.159 e. The summed E-state index contributed by atoms with van der Waals surface area (Å²) in [6.07, 6.45) is 0. The largest absolute Gasteiger partial charge is 0.454 e. The molecule has 9 rings (SSSR count). The maximum Gasteiger partial charge on any atom is 0.159 e. The van der Waals surface area contributed by atoms with Gasteiger partial charge in [-0.05, 0) is 87.3 Å². The van der Waals surface area contributed by atoms with E-state index in [2.05, 4.69) is 197 Å². The van der Waals surface area contributed by atoms with E-state index >= 15 is 0 Å². The van der Waals surface area contributed by atoms with Crippen molar-refractivity contribution in [2.45, 2.75) is 52.4 Å². The number of furan rings is 1. The monoisotopic (exact) mass is 662 g/mol. The average Bonchev–Trinajstić information content (AvgIpc) is 3.68. The maximum atomic E-state index is 6.83. The molecule has 0 aliphatic carbocycles. The van der Waals surface area contributed by atoms with E-state index in [-0.39, 0.29) is 10.8 Å². The van der Waals surface area contributed by atoms with Crippen molar-refractivity contribution in [1.82, 2.24) is 4.57 Å². The lowest BCUT2D eigenvalue weighted by Gasteiger charge is -2.27. The first kappa shape index (κ1) is 31.2. The lowest BCUT2D eigenvalue weighted by Crippen LogP contribution is -2.17. The lowest BCUT2D eigenvalue weighted by atomic mass is 9.80. The van der Waals surface area contributed by atoms with E-state index in [0.717, 1.165) is 39.0 Å². The molecule has 0 spiro atoms. The van der Waals surface area contributed by atoms with E-state index in [1.54, 1.807) is 0 Å². The lowest BCUT2D eigenvalue weighted by molar-refractivity contribution is 0.568. The zero-order valence-corrected chi connectivity index (χ0v) is 30.2. The van der Waals surface area contributed by atoms with Crippen LogP contribution in [0.5, 0.6) is 0 Å². The Morgan fingerprint density at radius 2 is 1.10 bits per heavy atom. The average molecular weight is 663 g/mol. The van der Waals surface area contributed by atoms with Crippen molar-refractivity contribution in [1.29, 1.82) is 0 Å². The van der Waals surface area contributed by atoms with E-state index < -0.39 is 0 Å². The second-order valence-corrected chi connectivity index (χ2v) is 15.9. The quantitative estimate of drug-likeness (QED) is 0.187. The maximum absolute atomic E-state index is 6.83. The minimum absolute atomic E-state index is 0.000624. The van der Waals surface area contributed by atoms with Crippen LogP contribution in [0.1, 0.15) is 52.7 Å². The Morgan fingerprint density at radius 1 is 0.490 bits per heavy atom. The third-order valence-electron chi connectivity index (χ3n) is 10.4. The van der Waals surface area contributed by atoms with Crippen molar-refractivity contribution in [2.24, 2.45) is 0 Å². The molecule has 3 heteroatoms. The summed E-state index contributed by atoms with van der Waals surface area (Å²) in [6, 6.07) is 52.9. The Kier molecular flexibility index (Phi) is 6.95. The Labute approximate surface area is 299 Å². The summed E-state index contributed by atoms with van der Waals surface area (Å²) < 4.78 is 9.30. The number of rotatable bonds is 4. The van der Waals surface area contributed by atoms with Gasteiger partial charge in [-0.1, -0.05) is 133 Å². The van der Waals surface area contributed by atoms with Crippen LogP contribution in [-0.2, 0) is 10.8 Å². The second kappa shape index (κ2) is 11.4. The Morgan fingerprint density at radius 3 is 1.84 bits per heavy atom. The molecule has 0 unspecified atom stereocenters.